The molecule has 0 spiro atoms. The number of halogens is 3. The van der Waals surface area contributed by atoms with Gasteiger partial charge in [0.1, 0.15) is 6.54 Å². The highest BCUT2D eigenvalue weighted by molar-refractivity contribution is 5.81. The lowest BCUT2D eigenvalue weighted by atomic mass is 10.0. The predicted molar refractivity (Wildman–Crippen MR) is 67.4 cm³/mol. The van der Waals surface area contributed by atoms with E-state index < -0.39 is 24.5 Å². The second-order valence-corrected chi connectivity index (χ2v) is 4.94. The first-order valence-electron chi connectivity index (χ1n) is 6.59. The zero-order chi connectivity index (χ0) is 14.6. The van der Waals surface area contributed by atoms with E-state index in [-0.39, 0.29) is 12.1 Å². The molecule has 0 fully saturated rings. The van der Waals surface area contributed by atoms with E-state index in [1.54, 1.807) is 26.0 Å². The van der Waals surface area contributed by atoms with Crippen LogP contribution in [-0.2, 0) is 4.79 Å². The van der Waals surface area contributed by atoms with E-state index in [1.165, 1.54) is 0 Å². The van der Waals surface area contributed by atoms with Gasteiger partial charge in [0, 0.05) is 12.1 Å². The Morgan fingerprint density at radius 3 is 2.32 bits per heavy atom. The number of nitrogens with two attached hydrogens (primary N) is 1. The predicted octanol–water partition coefficient (Wildman–Crippen LogP) is 2.47. The topological polar surface area (TPSA) is 46.3 Å². The molecule has 0 aromatic heterocycles. The van der Waals surface area contributed by atoms with Crippen molar-refractivity contribution in [2.45, 2.75) is 51.4 Å². The van der Waals surface area contributed by atoms with Crippen molar-refractivity contribution in [3.8, 4) is 0 Å². The Morgan fingerprint density at radius 2 is 1.95 bits per heavy atom. The van der Waals surface area contributed by atoms with Crippen LogP contribution in [-0.4, -0.2) is 35.6 Å². The largest absolute Gasteiger partial charge is 0.406 e. The molecule has 3 nitrogen and oxygen atoms in total. The van der Waals surface area contributed by atoms with Gasteiger partial charge in [0.15, 0.2) is 0 Å². The lowest BCUT2D eigenvalue weighted by molar-refractivity contribution is -0.167. The Labute approximate surface area is 111 Å². The molecule has 2 atom stereocenters. The van der Waals surface area contributed by atoms with Crippen molar-refractivity contribution in [2.75, 3.05) is 6.54 Å². The molecule has 1 amide bonds. The van der Waals surface area contributed by atoms with Crippen molar-refractivity contribution < 1.29 is 18.0 Å². The van der Waals surface area contributed by atoms with Crippen molar-refractivity contribution in [2.24, 2.45) is 11.7 Å². The second kappa shape index (κ2) is 6.41. The normalized spacial score (nSPS) is 23.1. The minimum absolute atomic E-state index is 0.233. The van der Waals surface area contributed by atoms with Crippen molar-refractivity contribution >= 4 is 5.91 Å². The molecule has 0 saturated heterocycles. The number of nitrogens with zero attached hydrogens (tertiary/aromatic N) is 1. The summed E-state index contributed by atoms with van der Waals surface area (Å²) in [4.78, 5) is 13.2. The summed E-state index contributed by atoms with van der Waals surface area (Å²) in [6.45, 7) is 2.40. The van der Waals surface area contributed by atoms with Crippen molar-refractivity contribution in [3.05, 3.63) is 12.2 Å². The maximum Gasteiger partial charge on any atom is 0.406 e. The van der Waals surface area contributed by atoms with Crippen LogP contribution in [0, 0.1) is 5.92 Å². The number of rotatable bonds is 5. The van der Waals surface area contributed by atoms with Crippen LogP contribution in [0.2, 0.25) is 0 Å². The summed E-state index contributed by atoms with van der Waals surface area (Å²) in [5, 5.41) is 0. The van der Waals surface area contributed by atoms with Crippen LogP contribution >= 0.6 is 0 Å². The Kier molecular flexibility index (Phi) is 5.40. The molecule has 0 bridgehead atoms. The minimum atomic E-state index is -4.37. The van der Waals surface area contributed by atoms with E-state index in [0.717, 1.165) is 4.90 Å². The fourth-order valence-corrected chi connectivity index (χ4v) is 2.43. The van der Waals surface area contributed by atoms with E-state index in [1.807, 2.05) is 0 Å². The standard InChI is InChI=1S/C13H21F3N2O/c1-3-11(4-2)18(8-13(14,15)16)12(19)9-5-6-10(17)7-9/h5-6,9-11H,3-4,7-8,17H2,1-2H3. The average Bonchev–Trinajstić information content (AvgIpc) is 2.73. The van der Waals surface area contributed by atoms with Crippen LogP contribution in [0.15, 0.2) is 12.2 Å². The molecule has 0 radical (unpaired) electrons. The van der Waals surface area contributed by atoms with Gasteiger partial charge < -0.3 is 10.6 Å². The number of hydrogen-bond donors (Lipinski definition) is 1. The summed E-state index contributed by atoms with van der Waals surface area (Å²) >= 11 is 0. The molecule has 0 saturated carbocycles. The lowest BCUT2D eigenvalue weighted by Gasteiger charge is -2.33. The molecule has 0 aromatic carbocycles. The molecule has 110 valence electrons. The molecule has 1 aliphatic carbocycles. The van der Waals surface area contributed by atoms with Crippen molar-refractivity contribution in [1.29, 1.82) is 0 Å². The van der Waals surface area contributed by atoms with Crippen LogP contribution < -0.4 is 5.73 Å². The van der Waals surface area contributed by atoms with Gasteiger partial charge in [-0.15, -0.1) is 0 Å². The summed E-state index contributed by atoms with van der Waals surface area (Å²) in [5.74, 6) is -0.979. The fraction of sp³-hybridized carbons (Fsp3) is 0.769. The van der Waals surface area contributed by atoms with Crippen molar-refractivity contribution in [3.63, 3.8) is 0 Å². The molecule has 0 aliphatic heterocycles. The first-order valence-corrected chi connectivity index (χ1v) is 6.59. The van der Waals surface area contributed by atoms with Crippen LogP contribution in [0.5, 0.6) is 0 Å². The Morgan fingerprint density at radius 1 is 1.37 bits per heavy atom. The zero-order valence-electron chi connectivity index (χ0n) is 11.3. The lowest BCUT2D eigenvalue weighted by Crippen LogP contribution is -2.47. The van der Waals surface area contributed by atoms with Gasteiger partial charge >= 0.3 is 6.18 Å². The third kappa shape index (κ3) is 4.53. The third-order valence-electron chi connectivity index (χ3n) is 3.45. The molecule has 0 aromatic rings. The molecule has 2 unspecified atom stereocenters. The monoisotopic (exact) mass is 278 g/mol. The van der Waals surface area contributed by atoms with Crippen LogP contribution in [0.1, 0.15) is 33.1 Å². The summed E-state index contributed by atoms with van der Waals surface area (Å²) < 4.78 is 37.9. The van der Waals surface area contributed by atoms with Gasteiger partial charge in [-0.25, -0.2) is 0 Å². The molecule has 6 heteroatoms. The summed E-state index contributed by atoms with van der Waals surface area (Å²) in [7, 11) is 0. The van der Waals surface area contributed by atoms with E-state index in [0.29, 0.717) is 19.3 Å². The van der Waals surface area contributed by atoms with Gasteiger partial charge in [-0.05, 0) is 19.3 Å². The highest BCUT2D eigenvalue weighted by atomic mass is 19.4. The molecule has 0 heterocycles. The maximum absolute atomic E-state index is 12.6. The number of hydrogen-bond acceptors (Lipinski definition) is 2. The van der Waals surface area contributed by atoms with Crippen molar-refractivity contribution in [1.82, 2.24) is 4.90 Å². The van der Waals surface area contributed by atoms with Gasteiger partial charge in [-0.3, -0.25) is 4.79 Å². The highest BCUT2D eigenvalue weighted by Gasteiger charge is 2.38. The van der Waals surface area contributed by atoms with Crippen LogP contribution in [0.3, 0.4) is 0 Å². The summed E-state index contributed by atoms with van der Waals surface area (Å²) in [6, 6.07) is -0.609. The zero-order valence-corrected chi connectivity index (χ0v) is 11.3. The third-order valence-corrected chi connectivity index (χ3v) is 3.45. The van der Waals surface area contributed by atoms with Gasteiger partial charge in [0.25, 0.3) is 0 Å². The van der Waals surface area contributed by atoms with Gasteiger partial charge in [-0.2, -0.15) is 13.2 Å². The molecule has 19 heavy (non-hydrogen) atoms. The Balaban J connectivity index is 2.83. The van der Waals surface area contributed by atoms with E-state index in [4.69, 9.17) is 5.73 Å². The SMILES string of the molecule is CCC(CC)N(CC(F)(F)F)C(=O)C1C=CC(N)C1. The van der Waals surface area contributed by atoms with Gasteiger partial charge in [-0.1, -0.05) is 26.0 Å². The van der Waals surface area contributed by atoms with E-state index in [9.17, 15) is 18.0 Å². The smallest absolute Gasteiger partial charge is 0.330 e. The first kappa shape index (κ1) is 16.0. The Bertz CT molecular complexity index is 337. The average molecular weight is 278 g/mol. The molecular weight excluding hydrogens is 257 g/mol. The minimum Gasteiger partial charge on any atom is -0.330 e. The number of alkyl halides is 3. The van der Waals surface area contributed by atoms with E-state index >= 15 is 0 Å². The maximum atomic E-state index is 12.6. The number of amides is 1. The molecule has 1 aliphatic rings. The summed E-state index contributed by atoms with van der Waals surface area (Å²) in [5.41, 5.74) is 5.65. The molecule has 1 rings (SSSR count). The number of carbonyl (C=O) groups is 1. The Hall–Kier alpha value is -1.04. The number of carbonyl (C=O) groups excluding carboxylic acids is 1. The van der Waals surface area contributed by atoms with Gasteiger partial charge in [0.2, 0.25) is 5.91 Å². The summed E-state index contributed by atoms with van der Waals surface area (Å²) in [6.07, 6.45) is 0.359. The van der Waals surface area contributed by atoms with Gasteiger partial charge in [0.05, 0.1) is 5.92 Å². The van der Waals surface area contributed by atoms with Crippen LogP contribution in [0.4, 0.5) is 13.2 Å². The molecule has 2 N–H and O–H groups in total. The highest BCUT2D eigenvalue weighted by Crippen LogP contribution is 2.25. The first-order chi connectivity index (χ1) is 8.78. The molecular formula is C13H21F3N2O. The second-order valence-electron chi connectivity index (χ2n) is 4.94. The quantitative estimate of drug-likeness (QED) is 0.785. The van der Waals surface area contributed by atoms with Crippen LogP contribution in [0.25, 0.3) is 0 Å². The fourth-order valence-electron chi connectivity index (χ4n) is 2.43. The van der Waals surface area contributed by atoms with E-state index in [2.05, 4.69) is 0 Å².